The minimum atomic E-state index is -0.884. The number of ether oxygens (including phenoxy) is 1. The predicted octanol–water partition coefficient (Wildman–Crippen LogP) is 3.92. The van der Waals surface area contributed by atoms with Gasteiger partial charge in [0.05, 0.1) is 11.8 Å². The van der Waals surface area contributed by atoms with E-state index < -0.39 is 17.8 Å². The molecule has 7 heteroatoms. The molecule has 0 saturated heterocycles. The molecule has 3 rings (SSSR count). The normalized spacial score (nSPS) is 10.6. The quantitative estimate of drug-likeness (QED) is 0.211. The van der Waals surface area contributed by atoms with E-state index in [-0.39, 0.29) is 0 Å². The van der Waals surface area contributed by atoms with Crippen LogP contribution < -0.4 is 15.5 Å². The highest BCUT2D eigenvalue weighted by Crippen LogP contribution is 2.16. The zero-order chi connectivity index (χ0) is 23.1. The summed E-state index contributed by atoms with van der Waals surface area (Å²) in [6.45, 7) is 5.69. The Labute approximate surface area is 186 Å². The van der Waals surface area contributed by atoms with Gasteiger partial charge in [0.1, 0.15) is 5.75 Å². The van der Waals surface area contributed by atoms with Crippen LogP contribution in [0.4, 0.5) is 5.69 Å². The van der Waals surface area contributed by atoms with Gasteiger partial charge in [-0.1, -0.05) is 35.4 Å². The maximum absolute atomic E-state index is 12.2. The lowest BCUT2D eigenvalue weighted by molar-refractivity contribution is -0.136. The van der Waals surface area contributed by atoms with Gasteiger partial charge in [-0.15, -0.1) is 0 Å². The molecule has 32 heavy (non-hydrogen) atoms. The summed E-state index contributed by atoms with van der Waals surface area (Å²) in [5.41, 5.74) is 6.76. The summed E-state index contributed by atoms with van der Waals surface area (Å²) in [6.07, 6.45) is 1.38. The Kier molecular flexibility index (Phi) is 7.13. The van der Waals surface area contributed by atoms with Crippen LogP contribution in [0, 0.1) is 20.8 Å². The number of nitrogens with zero attached hydrogens (tertiary/aromatic N) is 1. The number of carbonyl (C=O) groups excluding carboxylic acids is 3. The number of rotatable bonds is 5. The zero-order valence-electron chi connectivity index (χ0n) is 18.0. The topological polar surface area (TPSA) is 96.9 Å². The van der Waals surface area contributed by atoms with E-state index in [2.05, 4.69) is 15.8 Å². The highest BCUT2D eigenvalue weighted by molar-refractivity contribution is 6.39. The van der Waals surface area contributed by atoms with E-state index in [1.54, 1.807) is 48.5 Å². The van der Waals surface area contributed by atoms with E-state index in [1.165, 1.54) is 6.21 Å². The first-order chi connectivity index (χ1) is 15.3. The molecule has 0 atom stereocenters. The monoisotopic (exact) mass is 429 g/mol. The maximum Gasteiger partial charge on any atom is 0.343 e. The van der Waals surface area contributed by atoms with Gasteiger partial charge in [-0.3, -0.25) is 9.59 Å². The van der Waals surface area contributed by atoms with Crippen molar-refractivity contribution in [2.75, 3.05) is 5.32 Å². The van der Waals surface area contributed by atoms with Crippen molar-refractivity contribution in [1.82, 2.24) is 5.43 Å². The molecule has 2 N–H and O–H groups in total. The first kappa shape index (κ1) is 22.4. The Morgan fingerprint density at radius 3 is 2.25 bits per heavy atom. The highest BCUT2D eigenvalue weighted by atomic mass is 16.5. The van der Waals surface area contributed by atoms with E-state index in [0.29, 0.717) is 22.6 Å². The van der Waals surface area contributed by atoms with E-state index in [9.17, 15) is 14.4 Å². The Bertz CT molecular complexity index is 1180. The van der Waals surface area contributed by atoms with Crippen LogP contribution in [0.1, 0.15) is 32.6 Å². The fourth-order valence-corrected chi connectivity index (χ4v) is 2.91. The number of hydrazone groups is 1. The molecule has 0 unspecified atom stereocenters. The largest absolute Gasteiger partial charge is 0.423 e. The number of hydrogen-bond donors (Lipinski definition) is 2. The Hall–Kier alpha value is -4.26. The summed E-state index contributed by atoms with van der Waals surface area (Å²) >= 11 is 0. The lowest BCUT2D eigenvalue weighted by Gasteiger charge is -2.08. The van der Waals surface area contributed by atoms with Gasteiger partial charge in [0.25, 0.3) is 0 Å². The first-order valence-corrected chi connectivity index (χ1v) is 9.92. The van der Waals surface area contributed by atoms with E-state index in [4.69, 9.17) is 4.74 Å². The number of nitrogens with one attached hydrogen (secondary N) is 2. The Morgan fingerprint density at radius 1 is 0.844 bits per heavy atom. The van der Waals surface area contributed by atoms with Crippen LogP contribution in [-0.2, 0) is 9.59 Å². The molecule has 0 aliphatic rings. The molecule has 0 heterocycles. The summed E-state index contributed by atoms with van der Waals surface area (Å²) in [5, 5.41) is 6.35. The number of hydrogen-bond acceptors (Lipinski definition) is 5. The molecule has 3 aromatic carbocycles. The second-order valence-electron chi connectivity index (χ2n) is 7.30. The van der Waals surface area contributed by atoms with Crippen LogP contribution in [0.3, 0.4) is 0 Å². The van der Waals surface area contributed by atoms with Gasteiger partial charge in [0, 0.05) is 5.69 Å². The summed E-state index contributed by atoms with van der Waals surface area (Å²) < 4.78 is 5.35. The Balaban J connectivity index is 1.52. The second kappa shape index (κ2) is 10.2. The molecule has 2 amide bonds. The van der Waals surface area contributed by atoms with Crippen LogP contribution in [0.15, 0.2) is 71.8 Å². The molecular formula is C25H23N3O4. The molecule has 0 bridgehead atoms. The van der Waals surface area contributed by atoms with Crippen molar-refractivity contribution in [2.24, 2.45) is 5.10 Å². The summed E-state index contributed by atoms with van der Waals surface area (Å²) in [5.74, 6) is -1.76. The fourth-order valence-electron chi connectivity index (χ4n) is 2.91. The highest BCUT2D eigenvalue weighted by Gasteiger charge is 2.14. The molecular weight excluding hydrogens is 406 g/mol. The summed E-state index contributed by atoms with van der Waals surface area (Å²) in [4.78, 5) is 36.2. The van der Waals surface area contributed by atoms with Gasteiger partial charge in [0.15, 0.2) is 0 Å². The SMILES string of the molecule is Cc1cccc(C(=O)Oc2ccc(/C=N/NC(=O)C(=O)Nc3ccc(C)cc3C)cc2)c1. The van der Waals surface area contributed by atoms with Crippen LogP contribution in [0.2, 0.25) is 0 Å². The molecule has 0 aliphatic carbocycles. The molecule has 0 fully saturated rings. The van der Waals surface area contributed by atoms with Gasteiger partial charge in [0.2, 0.25) is 0 Å². The van der Waals surface area contributed by atoms with E-state index >= 15 is 0 Å². The molecule has 162 valence electrons. The first-order valence-electron chi connectivity index (χ1n) is 9.92. The van der Waals surface area contributed by atoms with E-state index in [0.717, 1.165) is 16.7 Å². The van der Waals surface area contributed by atoms with Crippen LogP contribution in [0.25, 0.3) is 0 Å². The molecule has 3 aromatic rings. The van der Waals surface area contributed by atoms with Crippen molar-refractivity contribution in [1.29, 1.82) is 0 Å². The zero-order valence-corrected chi connectivity index (χ0v) is 18.0. The lowest BCUT2D eigenvalue weighted by Crippen LogP contribution is -2.32. The van der Waals surface area contributed by atoms with Crippen molar-refractivity contribution in [2.45, 2.75) is 20.8 Å². The van der Waals surface area contributed by atoms with Crippen molar-refractivity contribution >= 4 is 29.7 Å². The standard InChI is InChI=1S/C25H23N3O4/c1-16-5-4-6-20(14-16)25(31)32-21-10-8-19(9-11-21)15-26-28-24(30)23(29)27-22-12-7-17(2)13-18(22)3/h4-15H,1-3H3,(H,27,29)(H,28,30)/b26-15+. The van der Waals surface area contributed by atoms with Gasteiger partial charge >= 0.3 is 17.8 Å². The molecule has 0 spiro atoms. The molecule has 0 saturated carbocycles. The average Bonchev–Trinajstić information content (AvgIpc) is 2.76. The van der Waals surface area contributed by atoms with Crippen LogP contribution in [-0.4, -0.2) is 24.0 Å². The third-order valence-corrected chi connectivity index (χ3v) is 4.56. The van der Waals surface area contributed by atoms with E-state index in [1.807, 2.05) is 39.0 Å². The van der Waals surface area contributed by atoms with Gasteiger partial charge in [-0.05, 0) is 74.4 Å². The fraction of sp³-hybridized carbons (Fsp3) is 0.120. The number of anilines is 1. The van der Waals surface area contributed by atoms with Gasteiger partial charge < -0.3 is 10.1 Å². The molecule has 7 nitrogen and oxygen atoms in total. The molecule has 0 radical (unpaired) electrons. The average molecular weight is 429 g/mol. The lowest BCUT2D eigenvalue weighted by atomic mass is 10.1. The minimum absolute atomic E-state index is 0.380. The maximum atomic E-state index is 12.2. The van der Waals surface area contributed by atoms with Crippen molar-refractivity contribution in [3.63, 3.8) is 0 Å². The van der Waals surface area contributed by atoms with Crippen molar-refractivity contribution in [3.8, 4) is 5.75 Å². The van der Waals surface area contributed by atoms with Crippen molar-refractivity contribution < 1.29 is 19.1 Å². The summed E-state index contributed by atoms with van der Waals surface area (Å²) in [6, 6.07) is 19.2. The second-order valence-corrected chi connectivity index (χ2v) is 7.30. The minimum Gasteiger partial charge on any atom is -0.423 e. The van der Waals surface area contributed by atoms with Gasteiger partial charge in [-0.25, -0.2) is 10.2 Å². The number of carbonyl (C=O) groups is 3. The number of amides is 2. The molecule has 0 aromatic heterocycles. The molecule has 0 aliphatic heterocycles. The number of aryl methyl sites for hydroxylation is 3. The van der Waals surface area contributed by atoms with Crippen LogP contribution >= 0.6 is 0 Å². The van der Waals surface area contributed by atoms with Gasteiger partial charge in [-0.2, -0.15) is 5.10 Å². The van der Waals surface area contributed by atoms with Crippen LogP contribution in [0.5, 0.6) is 5.75 Å². The smallest absolute Gasteiger partial charge is 0.343 e. The summed E-state index contributed by atoms with van der Waals surface area (Å²) in [7, 11) is 0. The third kappa shape index (κ3) is 6.12. The predicted molar refractivity (Wildman–Crippen MR) is 123 cm³/mol. The van der Waals surface area contributed by atoms with Crippen molar-refractivity contribution in [3.05, 3.63) is 94.5 Å². The Morgan fingerprint density at radius 2 is 1.56 bits per heavy atom. The number of benzene rings is 3. The third-order valence-electron chi connectivity index (χ3n) is 4.56. The number of esters is 1.